The number of hydrogen-bond donors (Lipinski definition) is 2. The van der Waals surface area contributed by atoms with Gasteiger partial charge in [-0.05, 0) is 11.8 Å². The minimum absolute atomic E-state index is 0.336. The zero-order chi connectivity index (χ0) is 15.4. The molecule has 6 nitrogen and oxygen atoms in total. The Balaban J connectivity index is 6.17. The standard InChI is InChI=1S/C13H20O6/c1-5-7(3)13(8(4)6-2,9(14)11(16)17)10(15)12(18)19/h7-8H,5-6H2,1-4H3,(H,16,17)(H,18,19). The highest BCUT2D eigenvalue weighted by molar-refractivity contribution is 6.48. The lowest BCUT2D eigenvalue weighted by Crippen LogP contribution is -2.54. The van der Waals surface area contributed by atoms with E-state index in [0.29, 0.717) is 12.8 Å². The Morgan fingerprint density at radius 3 is 1.26 bits per heavy atom. The lowest BCUT2D eigenvalue weighted by atomic mass is 9.60. The number of hydrogen-bond acceptors (Lipinski definition) is 4. The summed E-state index contributed by atoms with van der Waals surface area (Å²) in [5.74, 6) is -7.51. The van der Waals surface area contributed by atoms with Gasteiger partial charge in [-0.25, -0.2) is 9.59 Å². The summed E-state index contributed by atoms with van der Waals surface area (Å²) in [6, 6.07) is 0. The van der Waals surface area contributed by atoms with E-state index in [1.54, 1.807) is 13.8 Å². The molecule has 0 saturated heterocycles. The van der Waals surface area contributed by atoms with Gasteiger partial charge >= 0.3 is 11.9 Å². The van der Waals surface area contributed by atoms with E-state index in [9.17, 15) is 19.2 Å². The monoisotopic (exact) mass is 272 g/mol. The van der Waals surface area contributed by atoms with Crippen LogP contribution in [0.15, 0.2) is 0 Å². The van der Waals surface area contributed by atoms with Crippen molar-refractivity contribution in [2.45, 2.75) is 40.5 Å². The Morgan fingerprint density at radius 1 is 0.842 bits per heavy atom. The molecule has 0 aliphatic heterocycles. The van der Waals surface area contributed by atoms with Gasteiger partial charge in [-0.15, -0.1) is 0 Å². The number of carboxylic acid groups (broad SMARTS) is 2. The van der Waals surface area contributed by atoms with E-state index in [-0.39, 0.29) is 0 Å². The maximum absolute atomic E-state index is 12.0. The quantitative estimate of drug-likeness (QED) is 0.510. The molecule has 0 aliphatic carbocycles. The summed E-state index contributed by atoms with van der Waals surface area (Å²) in [6.45, 7) is 6.44. The van der Waals surface area contributed by atoms with Gasteiger partial charge in [0.1, 0.15) is 5.41 Å². The average Bonchev–Trinajstić information content (AvgIpc) is 2.37. The molecule has 0 amide bonds. The minimum atomic E-state index is -2.00. The minimum Gasteiger partial charge on any atom is -0.475 e. The van der Waals surface area contributed by atoms with Gasteiger partial charge in [0.2, 0.25) is 0 Å². The van der Waals surface area contributed by atoms with Gasteiger partial charge in [0.15, 0.2) is 0 Å². The first kappa shape index (κ1) is 17.3. The molecular formula is C13H20O6. The summed E-state index contributed by atoms with van der Waals surface area (Å²) in [6.07, 6.45) is 0.671. The number of carbonyl (C=O) groups excluding carboxylic acids is 2. The van der Waals surface area contributed by atoms with E-state index in [0.717, 1.165) is 0 Å². The van der Waals surface area contributed by atoms with Gasteiger partial charge in [0, 0.05) is 0 Å². The third kappa shape index (κ3) is 2.83. The molecule has 0 heterocycles. The molecule has 0 spiro atoms. The molecule has 2 atom stereocenters. The predicted molar refractivity (Wildman–Crippen MR) is 66.6 cm³/mol. The Hall–Kier alpha value is -1.72. The van der Waals surface area contributed by atoms with Crippen molar-refractivity contribution < 1.29 is 29.4 Å². The third-order valence-corrected chi connectivity index (χ3v) is 3.92. The van der Waals surface area contributed by atoms with E-state index >= 15 is 0 Å². The largest absolute Gasteiger partial charge is 0.475 e. The van der Waals surface area contributed by atoms with E-state index in [4.69, 9.17) is 10.2 Å². The maximum Gasteiger partial charge on any atom is 0.373 e. The molecule has 2 unspecified atom stereocenters. The highest BCUT2D eigenvalue weighted by Crippen LogP contribution is 2.41. The van der Waals surface area contributed by atoms with E-state index < -0.39 is 40.8 Å². The van der Waals surface area contributed by atoms with Crippen LogP contribution in [0.2, 0.25) is 0 Å². The number of Topliss-reactive ketones (excluding diaryl/α,β-unsaturated/α-hetero) is 2. The van der Waals surface area contributed by atoms with Crippen LogP contribution in [0.5, 0.6) is 0 Å². The van der Waals surface area contributed by atoms with Gasteiger partial charge < -0.3 is 10.2 Å². The maximum atomic E-state index is 12.0. The van der Waals surface area contributed by atoms with Gasteiger partial charge in [-0.2, -0.15) is 0 Å². The predicted octanol–water partition coefficient (Wildman–Crippen LogP) is 1.37. The molecule has 0 aromatic heterocycles. The molecule has 6 heteroatoms. The molecule has 0 aromatic rings. The first-order chi connectivity index (χ1) is 8.67. The zero-order valence-corrected chi connectivity index (χ0v) is 11.6. The Kier molecular flexibility index (Phi) is 5.86. The Bertz CT molecular complexity index is 360. The SMILES string of the molecule is CCC(C)C(C(=O)C(=O)O)(C(=O)C(=O)O)C(C)CC. The summed E-state index contributed by atoms with van der Waals surface area (Å²) >= 11 is 0. The Labute approximate surface area is 111 Å². The smallest absolute Gasteiger partial charge is 0.373 e. The fraction of sp³-hybridized carbons (Fsp3) is 0.692. The summed E-state index contributed by atoms with van der Waals surface area (Å²) in [5, 5.41) is 17.9. The van der Waals surface area contributed by atoms with Crippen molar-refractivity contribution in [2.75, 3.05) is 0 Å². The van der Waals surface area contributed by atoms with Crippen LogP contribution in [0.1, 0.15) is 40.5 Å². The number of aliphatic carboxylic acids is 2. The van der Waals surface area contributed by atoms with Crippen LogP contribution in [-0.2, 0) is 19.2 Å². The summed E-state index contributed by atoms with van der Waals surface area (Å²) in [7, 11) is 0. The fourth-order valence-electron chi connectivity index (χ4n) is 2.48. The average molecular weight is 272 g/mol. The van der Waals surface area contributed by atoms with Crippen LogP contribution in [0.3, 0.4) is 0 Å². The topological polar surface area (TPSA) is 109 Å². The van der Waals surface area contributed by atoms with E-state index in [1.165, 1.54) is 13.8 Å². The van der Waals surface area contributed by atoms with E-state index in [1.807, 2.05) is 0 Å². The second kappa shape index (κ2) is 6.45. The van der Waals surface area contributed by atoms with Crippen molar-refractivity contribution >= 4 is 23.5 Å². The number of carbonyl (C=O) groups is 4. The molecule has 0 saturated carbocycles. The first-order valence-electron chi connectivity index (χ1n) is 6.23. The van der Waals surface area contributed by atoms with E-state index in [2.05, 4.69) is 0 Å². The fourth-order valence-corrected chi connectivity index (χ4v) is 2.48. The number of ketones is 2. The normalized spacial score (nSPS) is 14.5. The van der Waals surface area contributed by atoms with Crippen molar-refractivity contribution in [3.05, 3.63) is 0 Å². The van der Waals surface area contributed by atoms with Gasteiger partial charge in [0.05, 0.1) is 0 Å². The number of carboxylic acids is 2. The zero-order valence-electron chi connectivity index (χ0n) is 11.6. The van der Waals surface area contributed by atoms with Crippen LogP contribution in [0.25, 0.3) is 0 Å². The molecule has 0 aromatic carbocycles. The van der Waals surface area contributed by atoms with Gasteiger partial charge in [-0.1, -0.05) is 40.5 Å². The van der Waals surface area contributed by atoms with Crippen LogP contribution in [-0.4, -0.2) is 33.7 Å². The molecule has 2 N–H and O–H groups in total. The highest BCUT2D eigenvalue weighted by Gasteiger charge is 2.57. The third-order valence-electron chi connectivity index (χ3n) is 3.92. The summed E-state index contributed by atoms with van der Waals surface area (Å²) < 4.78 is 0. The van der Waals surface area contributed by atoms with Gasteiger partial charge in [-0.3, -0.25) is 9.59 Å². The van der Waals surface area contributed by atoms with Crippen molar-refractivity contribution in [3.8, 4) is 0 Å². The molecule has 19 heavy (non-hydrogen) atoms. The lowest BCUT2D eigenvalue weighted by molar-refractivity contribution is -0.168. The summed E-state index contributed by atoms with van der Waals surface area (Å²) in [4.78, 5) is 46.1. The molecule has 0 aliphatic rings. The van der Waals surface area contributed by atoms with Crippen LogP contribution >= 0.6 is 0 Å². The van der Waals surface area contributed by atoms with Crippen LogP contribution < -0.4 is 0 Å². The molecule has 0 fully saturated rings. The molecule has 108 valence electrons. The molecule has 0 rings (SSSR count). The van der Waals surface area contributed by atoms with Crippen molar-refractivity contribution in [1.29, 1.82) is 0 Å². The molecule has 0 bridgehead atoms. The molecular weight excluding hydrogens is 252 g/mol. The molecule has 0 radical (unpaired) electrons. The summed E-state index contributed by atoms with van der Waals surface area (Å²) in [5.41, 5.74) is -2.00. The second-order valence-corrected chi connectivity index (χ2v) is 4.76. The van der Waals surface area contributed by atoms with Crippen LogP contribution in [0.4, 0.5) is 0 Å². The lowest BCUT2D eigenvalue weighted by Gasteiger charge is -2.38. The number of rotatable bonds is 8. The van der Waals surface area contributed by atoms with Crippen molar-refractivity contribution in [2.24, 2.45) is 17.3 Å². The van der Waals surface area contributed by atoms with Crippen LogP contribution in [0, 0.1) is 17.3 Å². The second-order valence-electron chi connectivity index (χ2n) is 4.76. The highest BCUT2D eigenvalue weighted by atomic mass is 16.4. The van der Waals surface area contributed by atoms with Crippen molar-refractivity contribution in [1.82, 2.24) is 0 Å². The van der Waals surface area contributed by atoms with Gasteiger partial charge in [0.25, 0.3) is 11.6 Å². The first-order valence-corrected chi connectivity index (χ1v) is 6.23. The Morgan fingerprint density at radius 2 is 1.11 bits per heavy atom. The van der Waals surface area contributed by atoms with Crippen molar-refractivity contribution in [3.63, 3.8) is 0 Å².